The van der Waals surface area contributed by atoms with E-state index in [-0.39, 0.29) is 23.4 Å². The first kappa shape index (κ1) is 17.0. The van der Waals surface area contributed by atoms with Gasteiger partial charge in [0, 0.05) is 24.0 Å². The molecule has 0 spiro atoms. The number of rotatable bonds is 0. The van der Waals surface area contributed by atoms with Crippen LogP contribution in [0.4, 0.5) is 5.69 Å². The van der Waals surface area contributed by atoms with Crippen molar-refractivity contribution in [3.8, 4) is 0 Å². The van der Waals surface area contributed by atoms with Crippen molar-refractivity contribution in [2.75, 3.05) is 4.90 Å². The lowest BCUT2D eigenvalue weighted by atomic mass is 10.0. The number of carbonyl (C=O) groups excluding carboxylic acids is 4. The molecule has 3 aliphatic heterocycles. The summed E-state index contributed by atoms with van der Waals surface area (Å²) in [5, 5.41) is 0. The second kappa shape index (κ2) is 5.51. The molecule has 0 saturated carbocycles. The van der Waals surface area contributed by atoms with Crippen molar-refractivity contribution in [3.63, 3.8) is 0 Å². The Labute approximate surface area is 158 Å². The molecule has 1 saturated heterocycles. The lowest BCUT2D eigenvalue weighted by molar-refractivity contribution is -0.158. The molecule has 0 bridgehead atoms. The van der Waals surface area contributed by atoms with Gasteiger partial charge >= 0.3 is 0 Å². The molecule has 0 aromatic heterocycles. The monoisotopic (exact) mass is 417 g/mol. The fourth-order valence-corrected chi connectivity index (χ4v) is 5.01. The number of nitrogens with zero attached hydrogens (tertiary/aromatic N) is 3. The van der Waals surface area contributed by atoms with Crippen molar-refractivity contribution in [2.24, 2.45) is 0 Å². The normalized spacial score (nSPS) is 26.9. The Hall–Kier alpha value is -2.48. The molecule has 0 N–H and O–H groups in total. The highest BCUT2D eigenvalue weighted by Gasteiger charge is 2.58. The largest absolute Gasteiger partial charge is 0.290 e. The maximum atomic E-state index is 13.1. The zero-order valence-corrected chi connectivity index (χ0v) is 16.0. The number of benzene rings is 1. The molecule has 8 heteroatoms. The van der Waals surface area contributed by atoms with Crippen LogP contribution in [-0.4, -0.2) is 45.6 Å². The van der Waals surface area contributed by atoms with Crippen LogP contribution in [0.1, 0.15) is 32.3 Å². The van der Waals surface area contributed by atoms with E-state index >= 15 is 0 Å². The lowest BCUT2D eigenvalue weighted by Crippen LogP contribution is -2.62. The molecular formula is C18H16BrN3O4. The molecule has 1 aromatic carbocycles. The summed E-state index contributed by atoms with van der Waals surface area (Å²) < 4.78 is 0.523. The summed E-state index contributed by atoms with van der Waals surface area (Å²) in [6.45, 7) is 4.23. The molecular weight excluding hydrogens is 402 g/mol. The summed E-state index contributed by atoms with van der Waals surface area (Å²) in [6.07, 6.45) is -0.637. The third-order valence-electron chi connectivity index (χ3n) is 5.18. The smallest absolute Gasteiger partial charge is 0.278 e. The van der Waals surface area contributed by atoms with Crippen LogP contribution >= 0.6 is 15.9 Å². The van der Waals surface area contributed by atoms with Crippen molar-refractivity contribution in [1.29, 1.82) is 0 Å². The summed E-state index contributed by atoms with van der Waals surface area (Å²) in [5.41, 5.74) is 1.73. The minimum atomic E-state index is -0.916. The van der Waals surface area contributed by atoms with Gasteiger partial charge in [-0.25, -0.2) is 0 Å². The molecule has 4 rings (SSSR count). The summed E-state index contributed by atoms with van der Waals surface area (Å²) in [7, 11) is 0. The van der Waals surface area contributed by atoms with E-state index in [0.717, 1.165) is 16.2 Å². The highest BCUT2D eigenvalue weighted by molar-refractivity contribution is 9.11. The van der Waals surface area contributed by atoms with E-state index in [2.05, 4.69) is 15.9 Å². The third-order valence-corrected chi connectivity index (χ3v) is 6.05. The molecule has 26 heavy (non-hydrogen) atoms. The lowest BCUT2D eigenvalue weighted by Gasteiger charge is -2.41. The molecule has 0 unspecified atom stereocenters. The number of fused-ring (bicyclic) bond motifs is 5. The van der Waals surface area contributed by atoms with Gasteiger partial charge in [0.05, 0.1) is 5.92 Å². The van der Waals surface area contributed by atoms with Crippen LogP contribution in [0.2, 0.25) is 0 Å². The molecule has 134 valence electrons. The van der Waals surface area contributed by atoms with E-state index in [0.29, 0.717) is 4.48 Å². The number of imide groups is 1. The second-order valence-electron chi connectivity index (χ2n) is 6.61. The fourth-order valence-electron chi connectivity index (χ4n) is 4.17. The highest BCUT2D eigenvalue weighted by Crippen LogP contribution is 2.55. The topological polar surface area (TPSA) is 78.0 Å². The zero-order chi connectivity index (χ0) is 18.9. The molecule has 4 amide bonds. The number of anilines is 1. The first-order valence-corrected chi connectivity index (χ1v) is 9.02. The maximum absolute atomic E-state index is 13.1. The first-order chi connectivity index (χ1) is 12.3. The summed E-state index contributed by atoms with van der Waals surface area (Å²) >= 11 is 3.49. The summed E-state index contributed by atoms with van der Waals surface area (Å²) in [4.78, 5) is 54.2. The molecule has 1 aromatic rings. The van der Waals surface area contributed by atoms with Gasteiger partial charge in [-0.3, -0.25) is 33.9 Å². The maximum Gasteiger partial charge on any atom is 0.278 e. The Kier molecular flexibility index (Phi) is 3.59. The zero-order valence-electron chi connectivity index (χ0n) is 14.4. The van der Waals surface area contributed by atoms with Crippen molar-refractivity contribution in [1.82, 2.24) is 9.80 Å². The molecule has 3 atom stereocenters. The van der Waals surface area contributed by atoms with Crippen LogP contribution in [0.3, 0.4) is 0 Å². The summed E-state index contributed by atoms with van der Waals surface area (Å²) in [5.74, 6) is -1.94. The van der Waals surface area contributed by atoms with Crippen LogP contribution < -0.4 is 4.90 Å². The molecule has 3 aliphatic rings. The standard InChI is InChI=1S/C18H16BrN3O4/c1-8-17(25)22-15(18(26)20(8)9(2)23)14(19)13-11-6-4-5-7-12(11)21(10(3)24)16(13)22/h4-8,13,16H,1-3H3/t8-,13+,16-/m0/s1. The average molecular weight is 418 g/mol. The second-order valence-corrected chi connectivity index (χ2v) is 7.47. The number of carbonyl (C=O) groups is 4. The van der Waals surface area contributed by atoms with Crippen molar-refractivity contribution in [2.45, 2.75) is 38.9 Å². The van der Waals surface area contributed by atoms with Crippen LogP contribution in [-0.2, 0) is 19.2 Å². The number of piperazine rings is 1. The van der Waals surface area contributed by atoms with Gasteiger partial charge < -0.3 is 0 Å². The predicted octanol–water partition coefficient (Wildman–Crippen LogP) is 1.69. The van der Waals surface area contributed by atoms with Crippen molar-refractivity contribution in [3.05, 3.63) is 40.0 Å². The molecule has 3 heterocycles. The van der Waals surface area contributed by atoms with Gasteiger partial charge in [0.15, 0.2) is 0 Å². The Morgan fingerprint density at radius 3 is 2.27 bits per heavy atom. The van der Waals surface area contributed by atoms with Crippen molar-refractivity contribution >= 4 is 45.2 Å². The Morgan fingerprint density at radius 1 is 1.04 bits per heavy atom. The number of hydrogen-bond donors (Lipinski definition) is 0. The Morgan fingerprint density at radius 2 is 1.65 bits per heavy atom. The van der Waals surface area contributed by atoms with Crippen LogP contribution in [0.5, 0.6) is 0 Å². The minimum absolute atomic E-state index is 0.138. The van der Waals surface area contributed by atoms with E-state index < -0.39 is 24.0 Å². The minimum Gasteiger partial charge on any atom is -0.290 e. The molecule has 0 aliphatic carbocycles. The number of halogens is 1. The van der Waals surface area contributed by atoms with E-state index in [1.807, 2.05) is 24.3 Å². The fraction of sp³-hybridized carbons (Fsp3) is 0.333. The molecule has 0 radical (unpaired) electrons. The highest BCUT2D eigenvalue weighted by atomic mass is 79.9. The van der Waals surface area contributed by atoms with E-state index in [1.54, 1.807) is 4.90 Å². The van der Waals surface area contributed by atoms with E-state index in [1.165, 1.54) is 25.7 Å². The van der Waals surface area contributed by atoms with Gasteiger partial charge in [-0.1, -0.05) is 34.1 Å². The quantitative estimate of drug-likeness (QED) is 0.643. The Balaban J connectivity index is 1.94. The number of para-hydroxylation sites is 1. The SMILES string of the molecule is CC(=O)N1C(=O)C2=C(Br)[C@H]3c4ccccc4N(C(C)=O)[C@H]3N2C(=O)[C@@H]1C. The summed E-state index contributed by atoms with van der Waals surface area (Å²) in [6, 6.07) is 6.49. The van der Waals surface area contributed by atoms with Crippen molar-refractivity contribution < 1.29 is 19.2 Å². The number of amides is 4. The van der Waals surface area contributed by atoms with Crippen LogP contribution in [0.25, 0.3) is 0 Å². The van der Waals surface area contributed by atoms with Gasteiger partial charge in [-0.2, -0.15) is 0 Å². The van der Waals surface area contributed by atoms with E-state index in [9.17, 15) is 19.2 Å². The number of hydrogen-bond acceptors (Lipinski definition) is 4. The predicted molar refractivity (Wildman–Crippen MR) is 95.9 cm³/mol. The average Bonchev–Trinajstić information content (AvgIpc) is 3.06. The van der Waals surface area contributed by atoms with Crippen LogP contribution in [0.15, 0.2) is 34.4 Å². The van der Waals surface area contributed by atoms with E-state index in [4.69, 9.17) is 0 Å². The first-order valence-electron chi connectivity index (χ1n) is 8.23. The third kappa shape index (κ3) is 1.93. The Bertz CT molecular complexity index is 925. The van der Waals surface area contributed by atoms with Crippen LogP contribution in [0, 0.1) is 0 Å². The van der Waals surface area contributed by atoms with Gasteiger partial charge in [-0.15, -0.1) is 0 Å². The molecule has 7 nitrogen and oxygen atoms in total. The molecule has 1 fully saturated rings. The van der Waals surface area contributed by atoms with Gasteiger partial charge in [0.25, 0.3) is 11.8 Å². The van der Waals surface area contributed by atoms with Gasteiger partial charge in [-0.05, 0) is 18.6 Å². The van der Waals surface area contributed by atoms with Gasteiger partial charge in [0.2, 0.25) is 11.8 Å². The van der Waals surface area contributed by atoms with Gasteiger partial charge in [0.1, 0.15) is 17.9 Å².